The quantitative estimate of drug-likeness (QED) is 0.339. The van der Waals surface area contributed by atoms with Crippen molar-refractivity contribution in [1.82, 2.24) is 9.29 Å². The Kier molecular flexibility index (Phi) is 6.23. The van der Waals surface area contributed by atoms with E-state index in [1.165, 1.54) is 13.2 Å². The monoisotopic (exact) mass is 528 g/mol. The van der Waals surface area contributed by atoms with Crippen LogP contribution in [0.25, 0.3) is 22.0 Å². The van der Waals surface area contributed by atoms with Crippen molar-refractivity contribution in [3.8, 4) is 16.9 Å². The molecule has 1 heterocycles. The van der Waals surface area contributed by atoms with E-state index >= 15 is 0 Å². The summed E-state index contributed by atoms with van der Waals surface area (Å²) >= 11 is 0. The van der Waals surface area contributed by atoms with Gasteiger partial charge < -0.3 is 9.30 Å². The van der Waals surface area contributed by atoms with Gasteiger partial charge in [0.15, 0.2) is 0 Å². The SMILES string of the molecule is COc1ccc(-c2c(C(=O)NS(=O)(=O)C3CC3)n(Cc3cccc(C(F)(F)F)c3)c3ccccc23)cc1. The minimum absolute atomic E-state index is 0.0491. The first-order chi connectivity index (χ1) is 17.6. The first-order valence-electron chi connectivity index (χ1n) is 11.6. The van der Waals surface area contributed by atoms with Crippen LogP contribution in [0, 0.1) is 0 Å². The van der Waals surface area contributed by atoms with Crippen molar-refractivity contribution < 1.29 is 31.1 Å². The highest BCUT2D eigenvalue weighted by Gasteiger charge is 2.38. The number of para-hydroxylation sites is 1. The van der Waals surface area contributed by atoms with Crippen LogP contribution in [0.2, 0.25) is 0 Å². The van der Waals surface area contributed by atoms with Gasteiger partial charge in [0.2, 0.25) is 10.0 Å². The van der Waals surface area contributed by atoms with Crippen LogP contribution in [0.5, 0.6) is 5.75 Å². The Hall–Kier alpha value is -3.79. The Labute approximate surface area is 211 Å². The zero-order valence-corrected chi connectivity index (χ0v) is 20.6. The average molecular weight is 529 g/mol. The molecular weight excluding hydrogens is 505 g/mol. The molecule has 1 fully saturated rings. The summed E-state index contributed by atoms with van der Waals surface area (Å²) in [5.74, 6) is -0.236. The van der Waals surface area contributed by atoms with E-state index in [4.69, 9.17) is 4.74 Å². The van der Waals surface area contributed by atoms with Gasteiger partial charge in [0.25, 0.3) is 5.91 Å². The molecular formula is C27H23F3N2O4S. The van der Waals surface area contributed by atoms with Gasteiger partial charge >= 0.3 is 6.18 Å². The van der Waals surface area contributed by atoms with Gasteiger partial charge in [-0.05, 0) is 54.3 Å². The summed E-state index contributed by atoms with van der Waals surface area (Å²) in [6, 6.07) is 18.9. The standard InChI is InChI=1S/C27H23F3N2O4S/c1-36-20-11-9-18(10-12-20)24-22-7-2-3-8-23(22)32(16-17-5-4-6-19(15-17)27(28,29)30)25(24)26(33)31-37(34,35)21-13-14-21/h2-12,15,21H,13-14,16H2,1H3,(H,31,33). The van der Waals surface area contributed by atoms with Crippen LogP contribution >= 0.6 is 0 Å². The zero-order valence-electron chi connectivity index (χ0n) is 19.7. The number of hydrogen-bond donors (Lipinski definition) is 1. The number of nitrogens with zero attached hydrogens (tertiary/aromatic N) is 1. The number of halogens is 3. The maximum Gasteiger partial charge on any atom is 0.416 e. The summed E-state index contributed by atoms with van der Waals surface area (Å²) in [6.07, 6.45) is -3.58. The molecule has 0 unspecified atom stereocenters. The van der Waals surface area contributed by atoms with Gasteiger partial charge in [0.1, 0.15) is 11.4 Å². The number of fused-ring (bicyclic) bond motifs is 1. The first kappa shape index (κ1) is 24.9. The number of nitrogens with one attached hydrogen (secondary N) is 1. The number of amides is 1. The number of aromatic nitrogens is 1. The van der Waals surface area contributed by atoms with Crippen LogP contribution in [0.3, 0.4) is 0 Å². The highest BCUT2D eigenvalue weighted by atomic mass is 32.2. The van der Waals surface area contributed by atoms with Crippen molar-refractivity contribution in [3.63, 3.8) is 0 Å². The van der Waals surface area contributed by atoms with Crippen LogP contribution in [-0.4, -0.2) is 31.3 Å². The number of alkyl halides is 3. The first-order valence-corrected chi connectivity index (χ1v) is 13.1. The van der Waals surface area contributed by atoms with Gasteiger partial charge in [-0.15, -0.1) is 0 Å². The summed E-state index contributed by atoms with van der Waals surface area (Å²) in [7, 11) is -2.35. The predicted octanol–water partition coefficient (Wildman–Crippen LogP) is 5.61. The average Bonchev–Trinajstić information content (AvgIpc) is 3.68. The summed E-state index contributed by atoms with van der Waals surface area (Å²) in [5.41, 5.74) is 1.25. The lowest BCUT2D eigenvalue weighted by Gasteiger charge is -2.14. The molecule has 1 aromatic heterocycles. The molecule has 3 aromatic carbocycles. The number of benzene rings is 3. The number of methoxy groups -OCH3 is 1. The van der Waals surface area contributed by atoms with Gasteiger partial charge in [-0.25, -0.2) is 13.1 Å². The molecule has 0 spiro atoms. The summed E-state index contributed by atoms with van der Waals surface area (Å²) in [6.45, 7) is -0.0766. The Balaban J connectivity index is 1.71. The number of carbonyl (C=O) groups is 1. The molecule has 5 rings (SSSR count). The summed E-state index contributed by atoms with van der Waals surface area (Å²) < 4.78 is 74.5. The highest BCUT2D eigenvalue weighted by molar-refractivity contribution is 7.91. The Bertz CT molecular complexity index is 1590. The lowest BCUT2D eigenvalue weighted by Crippen LogP contribution is -2.34. The van der Waals surface area contributed by atoms with Crippen LogP contribution in [0.4, 0.5) is 13.2 Å². The summed E-state index contributed by atoms with van der Waals surface area (Å²) in [4.78, 5) is 13.6. The second kappa shape index (κ2) is 9.26. The third-order valence-electron chi connectivity index (χ3n) is 6.36. The van der Waals surface area contributed by atoms with Crippen molar-refractivity contribution in [2.75, 3.05) is 7.11 Å². The fourth-order valence-corrected chi connectivity index (χ4v) is 5.70. The molecule has 37 heavy (non-hydrogen) atoms. The van der Waals surface area contributed by atoms with Crippen molar-refractivity contribution in [3.05, 3.63) is 89.6 Å². The normalized spacial score (nSPS) is 14.1. The smallest absolute Gasteiger partial charge is 0.416 e. The minimum atomic E-state index is -4.53. The Morgan fingerprint density at radius 2 is 1.73 bits per heavy atom. The fraction of sp³-hybridized carbons (Fsp3) is 0.222. The van der Waals surface area contributed by atoms with E-state index in [0.717, 1.165) is 12.1 Å². The molecule has 10 heteroatoms. The number of ether oxygens (including phenoxy) is 1. The van der Waals surface area contributed by atoms with E-state index < -0.39 is 32.9 Å². The molecule has 192 valence electrons. The summed E-state index contributed by atoms with van der Waals surface area (Å²) in [5, 5.41) is 0.0378. The van der Waals surface area contributed by atoms with E-state index in [9.17, 15) is 26.4 Å². The van der Waals surface area contributed by atoms with Crippen molar-refractivity contribution in [2.24, 2.45) is 0 Å². The Morgan fingerprint density at radius 1 is 1.03 bits per heavy atom. The molecule has 1 saturated carbocycles. The van der Waals surface area contributed by atoms with Crippen LogP contribution in [0.15, 0.2) is 72.8 Å². The maximum absolute atomic E-state index is 13.6. The predicted molar refractivity (Wildman–Crippen MR) is 134 cm³/mol. The molecule has 6 nitrogen and oxygen atoms in total. The van der Waals surface area contributed by atoms with Gasteiger partial charge in [-0.2, -0.15) is 13.2 Å². The fourth-order valence-electron chi connectivity index (χ4n) is 4.42. The molecule has 4 aromatic rings. The molecule has 1 N–H and O–H groups in total. The van der Waals surface area contributed by atoms with Gasteiger partial charge in [-0.3, -0.25) is 4.79 Å². The van der Waals surface area contributed by atoms with Crippen LogP contribution < -0.4 is 9.46 Å². The van der Waals surface area contributed by atoms with E-state index in [0.29, 0.717) is 46.2 Å². The molecule has 0 aliphatic heterocycles. The molecule has 1 aliphatic carbocycles. The number of sulfonamides is 1. The Morgan fingerprint density at radius 3 is 2.38 bits per heavy atom. The van der Waals surface area contributed by atoms with Crippen molar-refractivity contribution >= 4 is 26.8 Å². The molecule has 0 atom stereocenters. The lowest BCUT2D eigenvalue weighted by molar-refractivity contribution is -0.137. The molecule has 1 amide bonds. The van der Waals surface area contributed by atoms with Crippen LogP contribution in [0.1, 0.15) is 34.5 Å². The van der Waals surface area contributed by atoms with E-state index in [1.54, 1.807) is 59.2 Å². The molecule has 0 radical (unpaired) electrons. The topological polar surface area (TPSA) is 77.4 Å². The molecule has 0 saturated heterocycles. The van der Waals surface area contributed by atoms with E-state index in [1.807, 2.05) is 0 Å². The van der Waals surface area contributed by atoms with Crippen molar-refractivity contribution in [2.45, 2.75) is 30.8 Å². The second-order valence-corrected chi connectivity index (χ2v) is 10.9. The zero-order chi connectivity index (χ0) is 26.4. The van der Waals surface area contributed by atoms with Gasteiger partial charge in [0.05, 0.1) is 17.9 Å². The third kappa shape index (κ3) is 4.93. The molecule has 1 aliphatic rings. The number of rotatable bonds is 7. The van der Waals surface area contributed by atoms with Gasteiger partial charge in [0, 0.05) is 23.0 Å². The van der Waals surface area contributed by atoms with Gasteiger partial charge in [-0.1, -0.05) is 42.5 Å². The lowest BCUT2D eigenvalue weighted by atomic mass is 10.0. The van der Waals surface area contributed by atoms with E-state index in [2.05, 4.69) is 4.72 Å². The largest absolute Gasteiger partial charge is 0.497 e. The highest BCUT2D eigenvalue weighted by Crippen LogP contribution is 2.37. The number of carbonyl (C=O) groups excluding carboxylic acids is 1. The van der Waals surface area contributed by atoms with Crippen molar-refractivity contribution in [1.29, 1.82) is 0 Å². The maximum atomic E-state index is 13.6. The third-order valence-corrected chi connectivity index (χ3v) is 8.18. The van der Waals surface area contributed by atoms with Crippen LogP contribution in [-0.2, 0) is 22.7 Å². The number of hydrogen-bond acceptors (Lipinski definition) is 4. The minimum Gasteiger partial charge on any atom is -0.497 e. The second-order valence-electron chi connectivity index (χ2n) is 8.93. The molecule has 0 bridgehead atoms. The van der Waals surface area contributed by atoms with E-state index in [-0.39, 0.29) is 12.2 Å².